The van der Waals surface area contributed by atoms with Crippen LogP contribution in [0.15, 0.2) is 0 Å². The van der Waals surface area contributed by atoms with Crippen LogP contribution in [0, 0.1) is 0 Å². The van der Waals surface area contributed by atoms with Crippen LogP contribution in [-0.4, -0.2) is 49.6 Å². The fraction of sp³-hybridized carbons (Fsp3) is 1.00. The fourth-order valence-electron chi connectivity index (χ4n) is 3.84. The molecule has 1 aliphatic heterocycles. The van der Waals surface area contributed by atoms with Crippen molar-refractivity contribution in [3.63, 3.8) is 0 Å². The molecule has 146 valence electrons. The van der Waals surface area contributed by atoms with Gasteiger partial charge in [0.1, 0.15) is 0 Å². The van der Waals surface area contributed by atoms with Gasteiger partial charge in [-0.1, -0.05) is 77.6 Å². The minimum absolute atomic E-state index is 0. The summed E-state index contributed by atoms with van der Waals surface area (Å²) in [6, 6.07) is 0.827. The maximum atomic E-state index is 2.69. The van der Waals surface area contributed by atoms with E-state index in [1.807, 2.05) is 0 Å². The van der Waals surface area contributed by atoms with Gasteiger partial charge in [-0.2, -0.15) is 0 Å². The molecular weight excluding hydrogens is 407 g/mol. The standard InChI is InChI=1S/C21H44N2.HI/c1-4-5-6-7-8-9-10-11-12-13-14-15-18-23-19-16-21(17-20-23)22(2)3;/h21H,4-20H2,1-3H3;1H. The van der Waals surface area contributed by atoms with Crippen LogP contribution in [0.3, 0.4) is 0 Å². The second kappa shape index (κ2) is 17.1. The first-order valence-corrected chi connectivity index (χ1v) is 10.6. The lowest BCUT2D eigenvalue weighted by Gasteiger charge is -2.35. The predicted molar refractivity (Wildman–Crippen MR) is 120 cm³/mol. The molecule has 1 rings (SSSR count). The van der Waals surface area contributed by atoms with E-state index in [1.54, 1.807) is 0 Å². The van der Waals surface area contributed by atoms with Crippen LogP contribution >= 0.6 is 24.0 Å². The lowest BCUT2D eigenvalue weighted by molar-refractivity contribution is 0.143. The quantitative estimate of drug-likeness (QED) is 0.224. The molecule has 0 aliphatic carbocycles. The fourth-order valence-corrected chi connectivity index (χ4v) is 3.84. The molecule has 0 bridgehead atoms. The number of nitrogens with zero attached hydrogens (tertiary/aromatic N) is 2. The molecule has 0 aromatic carbocycles. The van der Waals surface area contributed by atoms with E-state index >= 15 is 0 Å². The van der Waals surface area contributed by atoms with Gasteiger partial charge in [0.15, 0.2) is 0 Å². The topological polar surface area (TPSA) is 6.48 Å². The minimum Gasteiger partial charge on any atom is -0.306 e. The number of rotatable bonds is 14. The molecule has 0 amide bonds. The van der Waals surface area contributed by atoms with Gasteiger partial charge in [-0.05, 0) is 53.0 Å². The molecule has 2 nitrogen and oxygen atoms in total. The van der Waals surface area contributed by atoms with Crippen LogP contribution in [0.2, 0.25) is 0 Å². The monoisotopic (exact) mass is 452 g/mol. The Balaban J connectivity index is 0.00000529. The molecule has 0 saturated carbocycles. The number of halogens is 1. The third-order valence-corrected chi connectivity index (χ3v) is 5.62. The highest BCUT2D eigenvalue weighted by molar-refractivity contribution is 14.0. The molecule has 24 heavy (non-hydrogen) atoms. The molecule has 1 fully saturated rings. The Morgan fingerprint density at radius 1 is 0.708 bits per heavy atom. The van der Waals surface area contributed by atoms with E-state index in [0.29, 0.717) is 0 Å². The number of hydrogen-bond acceptors (Lipinski definition) is 2. The van der Waals surface area contributed by atoms with Crippen LogP contribution in [0.5, 0.6) is 0 Å². The van der Waals surface area contributed by atoms with Gasteiger partial charge in [-0.25, -0.2) is 0 Å². The van der Waals surface area contributed by atoms with E-state index in [4.69, 9.17) is 0 Å². The molecular formula is C21H45IN2. The first-order chi connectivity index (χ1) is 11.2. The zero-order valence-electron chi connectivity index (χ0n) is 16.9. The van der Waals surface area contributed by atoms with Gasteiger partial charge in [0, 0.05) is 6.04 Å². The molecule has 0 radical (unpaired) electrons. The molecule has 0 aromatic rings. The molecule has 0 atom stereocenters. The molecule has 0 N–H and O–H groups in total. The lowest BCUT2D eigenvalue weighted by Crippen LogP contribution is -2.42. The van der Waals surface area contributed by atoms with Gasteiger partial charge in [0.25, 0.3) is 0 Å². The average Bonchev–Trinajstić information content (AvgIpc) is 2.56. The zero-order valence-corrected chi connectivity index (χ0v) is 19.2. The Morgan fingerprint density at radius 2 is 1.12 bits per heavy atom. The number of hydrogen-bond donors (Lipinski definition) is 0. The molecule has 1 saturated heterocycles. The van der Waals surface area contributed by atoms with Crippen molar-refractivity contribution in [3.05, 3.63) is 0 Å². The highest BCUT2D eigenvalue weighted by Gasteiger charge is 2.19. The summed E-state index contributed by atoms with van der Waals surface area (Å²) in [6.45, 7) is 6.28. The Labute approximate surface area is 170 Å². The van der Waals surface area contributed by atoms with Crippen molar-refractivity contribution in [2.24, 2.45) is 0 Å². The average molecular weight is 453 g/mol. The summed E-state index contributed by atoms with van der Waals surface area (Å²) in [6.07, 6.45) is 20.2. The summed E-state index contributed by atoms with van der Waals surface area (Å²) in [5.74, 6) is 0. The van der Waals surface area contributed by atoms with E-state index in [0.717, 1.165) is 6.04 Å². The van der Waals surface area contributed by atoms with E-state index < -0.39 is 0 Å². The molecule has 1 aliphatic rings. The smallest absolute Gasteiger partial charge is 0.0113 e. The SMILES string of the molecule is CCCCCCCCCCCCCCN1CCC(N(C)C)CC1.I. The van der Waals surface area contributed by atoms with Gasteiger partial charge in [-0.3, -0.25) is 0 Å². The van der Waals surface area contributed by atoms with Crippen molar-refractivity contribution < 1.29 is 0 Å². The van der Waals surface area contributed by atoms with Gasteiger partial charge in [0.05, 0.1) is 0 Å². The molecule has 0 aromatic heterocycles. The van der Waals surface area contributed by atoms with Crippen molar-refractivity contribution in [2.75, 3.05) is 33.7 Å². The molecule has 3 heteroatoms. The van der Waals surface area contributed by atoms with E-state index in [2.05, 4.69) is 30.8 Å². The first-order valence-electron chi connectivity index (χ1n) is 10.6. The molecule has 1 heterocycles. The van der Waals surface area contributed by atoms with Crippen LogP contribution in [0.4, 0.5) is 0 Å². The summed E-state index contributed by atoms with van der Waals surface area (Å²) in [5, 5.41) is 0. The van der Waals surface area contributed by atoms with E-state index in [1.165, 1.54) is 110 Å². The van der Waals surface area contributed by atoms with Crippen LogP contribution in [-0.2, 0) is 0 Å². The highest BCUT2D eigenvalue weighted by Crippen LogP contribution is 2.16. The maximum absolute atomic E-state index is 2.69. The number of unbranched alkanes of at least 4 members (excludes halogenated alkanes) is 11. The highest BCUT2D eigenvalue weighted by atomic mass is 127. The third-order valence-electron chi connectivity index (χ3n) is 5.62. The number of likely N-dealkylation sites (tertiary alicyclic amines) is 1. The second-order valence-corrected chi connectivity index (χ2v) is 7.93. The van der Waals surface area contributed by atoms with Gasteiger partial charge in [0.2, 0.25) is 0 Å². The van der Waals surface area contributed by atoms with Crippen LogP contribution in [0.1, 0.15) is 96.8 Å². The maximum Gasteiger partial charge on any atom is 0.0113 e. The Morgan fingerprint density at radius 3 is 1.54 bits per heavy atom. The lowest BCUT2D eigenvalue weighted by atomic mass is 10.0. The third kappa shape index (κ3) is 12.9. The summed E-state index contributed by atoms with van der Waals surface area (Å²) in [7, 11) is 4.46. The van der Waals surface area contributed by atoms with Crippen molar-refractivity contribution in [1.29, 1.82) is 0 Å². The first kappa shape index (κ1) is 24.7. The van der Waals surface area contributed by atoms with Gasteiger partial charge >= 0.3 is 0 Å². The van der Waals surface area contributed by atoms with Crippen LogP contribution in [0.25, 0.3) is 0 Å². The largest absolute Gasteiger partial charge is 0.306 e. The van der Waals surface area contributed by atoms with Gasteiger partial charge in [-0.15, -0.1) is 24.0 Å². The summed E-state index contributed by atoms with van der Waals surface area (Å²) in [5.41, 5.74) is 0. The van der Waals surface area contributed by atoms with Crippen LogP contribution < -0.4 is 0 Å². The minimum atomic E-state index is 0. The summed E-state index contributed by atoms with van der Waals surface area (Å²) >= 11 is 0. The second-order valence-electron chi connectivity index (χ2n) is 7.93. The zero-order chi connectivity index (χ0) is 16.8. The van der Waals surface area contributed by atoms with Crippen molar-refractivity contribution in [2.45, 2.75) is 103 Å². The van der Waals surface area contributed by atoms with E-state index in [9.17, 15) is 0 Å². The summed E-state index contributed by atoms with van der Waals surface area (Å²) in [4.78, 5) is 5.09. The Kier molecular flexibility index (Phi) is 17.5. The van der Waals surface area contributed by atoms with Gasteiger partial charge < -0.3 is 9.80 Å². The van der Waals surface area contributed by atoms with Crippen molar-refractivity contribution in [1.82, 2.24) is 9.80 Å². The Hall–Kier alpha value is 0.650. The number of piperidine rings is 1. The normalized spacial score (nSPS) is 16.5. The predicted octanol–water partition coefficient (Wildman–Crippen LogP) is 6.33. The molecule has 0 spiro atoms. The summed E-state index contributed by atoms with van der Waals surface area (Å²) < 4.78 is 0. The van der Waals surface area contributed by atoms with Crippen molar-refractivity contribution in [3.8, 4) is 0 Å². The molecule has 0 unspecified atom stereocenters. The van der Waals surface area contributed by atoms with E-state index in [-0.39, 0.29) is 24.0 Å². The Bertz CT molecular complexity index is 250. The van der Waals surface area contributed by atoms with Crippen molar-refractivity contribution >= 4 is 24.0 Å².